The standard InChI is InChI=1S/C27H23N3O2/c1-32-25-13-11-24(12-14-25)30-17-22-10-9-20(15-23(22)18-30)27(31)29-28-16-21-7-4-6-19-5-2-3-8-26(19)21/h2-16H,17-18H2,1H3,(H,29,31)/b28-16+. The zero-order chi connectivity index (χ0) is 21.9. The molecule has 0 bridgehead atoms. The van der Waals surface area contributed by atoms with Crippen molar-refractivity contribution >= 4 is 28.6 Å². The first-order valence-corrected chi connectivity index (χ1v) is 10.5. The van der Waals surface area contributed by atoms with Crippen molar-refractivity contribution in [2.24, 2.45) is 5.10 Å². The Morgan fingerprint density at radius 2 is 1.72 bits per heavy atom. The largest absolute Gasteiger partial charge is 0.497 e. The molecule has 1 amide bonds. The first-order valence-electron chi connectivity index (χ1n) is 10.5. The van der Waals surface area contributed by atoms with Crippen LogP contribution in [-0.4, -0.2) is 19.2 Å². The van der Waals surface area contributed by atoms with Crippen LogP contribution in [0.5, 0.6) is 5.75 Å². The molecule has 0 saturated heterocycles. The number of nitrogens with zero attached hydrogens (tertiary/aromatic N) is 2. The van der Waals surface area contributed by atoms with Crippen LogP contribution in [0, 0.1) is 0 Å². The summed E-state index contributed by atoms with van der Waals surface area (Å²) in [5.41, 5.74) is 7.76. The zero-order valence-electron chi connectivity index (χ0n) is 17.8. The molecule has 4 aromatic rings. The van der Waals surface area contributed by atoms with Crippen molar-refractivity contribution in [1.29, 1.82) is 0 Å². The van der Waals surface area contributed by atoms with Gasteiger partial charge in [-0.1, -0.05) is 48.5 Å². The monoisotopic (exact) mass is 421 g/mol. The number of rotatable bonds is 5. The summed E-state index contributed by atoms with van der Waals surface area (Å²) in [6, 6.07) is 28.0. The van der Waals surface area contributed by atoms with Crippen LogP contribution in [0.4, 0.5) is 5.69 Å². The Hall–Kier alpha value is -4.12. The van der Waals surface area contributed by atoms with Gasteiger partial charge in [-0.15, -0.1) is 0 Å². The van der Waals surface area contributed by atoms with E-state index < -0.39 is 0 Å². The van der Waals surface area contributed by atoms with Gasteiger partial charge in [0.25, 0.3) is 5.91 Å². The van der Waals surface area contributed by atoms with Crippen LogP contribution in [0.3, 0.4) is 0 Å². The van der Waals surface area contributed by atoms with E-state index in [1.165, 1.54) is 5.56 Å². The molecule has 0 atom stereocenters. The smallest absolute Gasteiger partial charge is 0.271 e. The van der Waals surface area contributed by atoms with Crippen molar-refractivity contribution in [1.82, 2.24) is 5.43 Å². The van der Waals surface area contributed by atoms with Gasteiger partial charge in [-0.3, -0.25) is 4.79 Å². The number of hydrogen-bond donors (Lipinski definition) is 1. The van der Waals surface area contributed by atoms with Gasteiger partial charge in [0.1, 0.15) is 5.75 Å². The highest BCUT2D eigenvalue weighted by molar-refractivity contribution is 6.00. The summed E-state index contributed by atoms with van der Waals surface area (Å²) in [5.74, 6) is 0.626. The number of fused-ring (bicyclic) bond motifs is 2. The van der Waals surface area contributed by atoms with Crippen LogP contribution in [0.2, 0.25) is 0 Å². The molecule has 5 rings (SSSR count). The van der Waals surface area contributed by atoms with E-state index in [0.717, 1.165) is 46.4 Å². The lowest BCUT2D eigenvalue weighted by molar-refractivity contribution is 0.0955. The highest BCUT2D eigenvalue weighted by atomic mass is 16.5. The van der Waals surface area contributed by atoms with Crippen molar-refractivity contribution in [3.63, 3.8) is 0 Å². The van der Waals surface area contributed by atoms with Crippen LogP contribution < -0.4 is 15.1 Å². The van der Waals surface area contributed by atoms with E-state index in [1.54, 1.807) is 13.3 Å². The highest BCUT2D eigenvalue weighted by Crippen LogP contribution is 2.30. The maximum absolute atomic E-state index is 12.7. The Labute approximate surface area is 186 Å². The molecular weight excluding hydrogens is 398 g/mol. The first kappa shape index (κ1) is 19.8. The van der Waals surface area contributed by atoms with Gasteiger partial charge in [-0.2, -0.15) is 5.10 Å². The maximum atomic E-state index is 12.7. The van der Waals surface area contributed by atoms with E-state index in [4.69, 9.17) is 4.74 Å². The quantitative estimate of drug-likeness (QED) is 0.359. The lowest BCUT2D eigenvalue weighted by Gasteiger charge is -2.17. The summed E-state index contributed by atoms with van der Waals surface area (Å²) in [5, 5.41) is 6.44. The van der Waals surface area contributed by atoms with E-state index in [2.05, 4.69) is 39.7 Å². The normalized spacial score (nSPS) is 12.8. The number of hydrazone groups is 1. The number of hydrogen-bond acceptors (Lipinski definition) is 4. The number of benzene rings is 4. The Bertz CT molecular complexity index is 1310. The molecule has 0 saturated carbocycles. The van der Waals surface area contributed by atoms with E-state index in [-0.39, 0.29) is 5.91 Å². The van der Waals surface area contributed by atoms with Gasteiger partial charge in [0.05, 0.1) is 13.3 Å². The van der Waals surface area contributed by atoms with Gasteiger partial charge in [0.2, 0.25) is 0 Å². The molecule has 32 heavy (non-hydrogen) atoms. The molecule has 1 N–H and O–H groups in total. The Morgan fingerprint density at radius 1 is 0.938 bits per heavy atom. The van der Waals surface area contributed by atoms with Gasteiger partial charge in [0.15, 0.2) is 0 Å². The molecule has 0 radical (unpaired) electrons. The molecule has 5 heteroatoms. The third-order valence-electron chi connectivity index (χ3n) is 5.82. The van der Waals surface area contributed by atoms with Gasteiger partial charge in [0, 0.05) is 29.9 Å². The van der Waals surface area contributed by atoms with Crippen molar-refractivity contribution in [3.8, 4) is 5.75 Å². The van der Waals surface area contributed by atoms with Crippen molar-refractivity contribution in [2.45, 2.75) is 13.1 Å². The van der Waals surface area contributed by atoms with E-state index in [0.29, 0.717) is 5.56 Å². The Kier molecular flexibility index (Phi) is 5.30. The molecule has 4 aromatic carbocycles. The Morgan fingerprint density at radius 3 is 2.56 bits per heavy atom. The molecule has 0 unspecified atom stereocenters. The van der Waals surface area contributed by atoms with Gasteiger partial charge >= 0.3 is 0 Å². The van der Waals surface area contributed by atoms with Crippen LogP contribution in [0.25, 0.3) is 10.8 Å². The van der Waals surface area contributed by atoms with Gasteiger partial charge in [-0.05, 0) is 58.3 Å². The Balaban J connectivity index is 1.27. The number of methoxy groups -OCH3 is 1. The molecule has 1 heterocycles. The summed E-state index contributed by atoms with van der Waals surface area (Å²) in [6.45, 7) is 1.59. The topological polar surface area (TPSA) is 53.9 Å². The number of ether oxygens (including phenoxy) is 1. The fraction of sp³-hybridized carbons (Fsp3) is 0.111. The molecule has 0 aliphatic carbocycles. The fourth-order valence-electron chi connectivity index (χ4n) is 4.10. The second-order valence-electron chi connectivity index (χ2n) is 7.81. The number of nitrogens with one attached hydrogen (secondary N) is 1. The number of amides is 1. The van der Waals surface area contributed by atoms with E-state index >= 15 is 0 Å². The molecule has 0 fully saturated rings. The van der Waals surface area contributed by atoms with E-state index in [9.17, 15) is 4.79 Å². The minimum absolute atomic E-state index is 0.216. The molecule has 1 aliphatic rings. The minimum Gasteiger partial charge on any atom is -0.497 e. The molecule has 158 valence electrons. The highest BCUT2D eigenvalue weighted by Gasteiger charge is 2.20. The molecule has 1 aliphatic heterocycles. The van der Waals surface area contributed by atoms with Gasteiger partial charge in [-0.25, -0.2) is 5.43 Å². The van der Waals surface area contributed by atoms with Crippen LogP contribution in [0.15, 0.2) is 90.0 Å². The summed E-state index contributed by atoms with van der Waals surface area (Å²) in [6.07, 6.45) is 1.69. The van der Waals surface area contributed by atoms with Crippen molar-refractivity contribution < 1.29 is 9.53 Å². The predicted molar refractivity (Wildman–Crippen MR) is 128 cm³/mol. The number of carbonyl (C=O) groups excluding carboxylic acids is 1. The lowest BCUT2D eigenvalue weighted by Crippen LogP contribution is -2.18. The zero-order valence-corrected chi connectivity index (χ0v) is 17.8. The second-order valence-corrected chi connectivity index (χ2v) is 7.81. The summed E-state index contributed by atoms with van der Waals surface area (Å²) in [4.78, 5) is 15.0. The molecular formula is C27H23N3O2. The summed E-state index contributed by atoms with van der Waals surface area (Å²) < 4.78 is 5.24. The maximum Gasteiger partial charge on any atom is 0.271 e. The van der Waals surface area contributed by atoms with Crippen LogP contribution in [0.1, 0.15) is 27.0 Å². The second kappa shape index (κ2) is 8.55. The minimum atomic E-state index is -0.216. The summed E-state index contributed by atoms with van der Waals surface area (Å²) in [7, 11) is 1.67. The first-order chi connectivity index (χ1) is 15.7. The predicted octanol–water partition coefficient (Wildman–Crippen LogP) is 5.13. The molecule has 5 nitrogen and oxygen atoms in total. The number of anilines is 1. The summed E-state index contributed by atoms with van der Waals surface area (Å²) >= 11 is 0. The SMILES string of the molecule is COc1ccc(N2Cc3ccc(C(=O)N/N=C/c4cccc5ccccc45)cc3C2)cc1. The third-order valence-corrected chi connectivity index (χ3v) is 5.82. The average Bonchev–Trinajstić information content (AvgIpc) is 3.27. The average molecular weight is 422 g/mol. The van der Waals surface area contributed by atoms with Gasteiger partial charge < -0.3 is 9.64 Å². The van der Waals surface area contributed by atoms with Crippen molar-refractivity contribution in [2.75, 3.05) is 12.0 Å². The number of carbonyl (C=O) groups is 1. The van der Waals surface area contributed by atoms with Crippen LogP contribution >= 0.6 is 0 Å². The molecule has 0 aromatic heterocycles. The van der Waals surface area contributed by atoms with Crippen molar-refractivity contribution in [3.05, 3.63) is 107 Å². The lowest BCUT2D eigenvalue weighted by atomic mass is 10.1. The van der Waals surface area contributed by atoms with E-state index in [1.807, 2.05) is 60.7 Å². The fourth-order valence-corrected chi connectivity index (χ4v) is 4.10. The third kappa shape index (κ3) is 3.93. The van der Waals surface area contributed by atoms with Crippen LogP contribution in [-0.2, 0) is 13.1 Å². The molecule has 0 spiro atoms.